The van der Waals surface area contributed by atoms with Crippen LogP contribution in [0.2, 0.25) is 5.15 Å². The number of sulfonamides is 1. The Hall–Kier alpha value is -3.01. The number of rotatable bonds is 11. The summed E-state index contributed by atoms with van der Waals surface area (Å²) in [5, 5.41) is 0.124. The summed E-state index contributed by atoms with van der Waals surface area (Å²) in [7, 11) is 1.13. The molecule has 2 aromatic carbocycles. The van der Waals surface area contributed by atoms with Crippen molar-refractivity contribution in [3.63, 3.8) is 0 Å². The normalized spacial score (nSPS) is 11.9. The molecule has 0 amide bonds. The van der Waals surface area contributed by atoms with Crippen molar-refractivity contribution < 1.29 is 17.9 Å². The number of aryl methyl sites for hydroxylation is 1. The Morgan fingerprint density at radius 2 is 1.86 bits per heavy atom. The molecule has 0 atom stereocenters. The highest BCUT2D eigenvalue weighted by molar-refractivity contribution is 7.90. The van der Waals surface area contributed by atoms with Gasteiger partial charge in [-0.1, -0.05) is 67.4 Å². The van der Waals surface area contributed by atoms with Crippen LogP contribution in [0.4, 0.5) is 0 Å². The van der Waals surface area contributed by atoms with Crippen LogP contribution < -0.4 is 0 Å². The Bertz CT molecular complexity index is 1330. The van der Waals surface area contributed by atoms with Gasteiger partial charge in [-0.3, -0.25) is 0 Å². The topological polar surface area (TPSA) is 93.9 Å². The summed E-state index contributed by atoms with van der Waals surface area (Å²) < 4.78 is 36.3. The number of carbonyl (C=O) groups is 1. The maximum Gasteiger partial charge on any atom is 0.357 e. The van der Waals surface area contributed by atoms with Gasteiger partial charge >= 0.3 is 5.97 Å². The first-order valence-electron chi connectivity index (χ1n) is 11.6. The zero-order valence-electron chi connectivity index (χ0n) is 20.9. The Balaban J connectivity index is 1.93. The van der Waals surface area contributed by atoms with Gasteiger partial charge < -0.3 is 14.2 Å². The van der Waals surface area contributed by atoms with E-state index in [0.29, 0.717) is 25.1 Å². The van der Waals surface area contributed by atoms with E-state index in [1.54, 1.807) is 28.8 Å². The quantitative estimate of drug-likeness (QED) is 0.263. The van der Waals surface area contributed by atoms with Crippen molar-refractivity contribution in [2.45, 2.75) is 37.6 Å². The first-order valence-corrected chi connectivity index (χ1v) is 13.4. The van der Waals surface area contributed by atoms with Crippen molar-refractivity contribution >= 4 is 33.8 Å². The van der Waals surface area contributed by atoms with Crippen LogP contribution in [0.1, 0.15) is 41.6 Å². The summed E-state index contributed by atoms with van der Waals surface area (Å²) >= 11 is 6.28. The molecule has 36 heavy (non-hydrogen) atoms. The zero-order chi connectivity index (χ0) is 26.3. The maximum absolute atomic E-state index is 12.9. The summed E-state index contributed by atoms with van der Waals surface area (Å²) in [5.74, 6) is 0.180. The SMILES string of the molecule is CCCCc1nc(Cl)c(C(=O)OC)n1Cc1ccc(-c2ccccc2S(=O)(=O)/N=C/CN(C)C)cc1. The van der Waals surface area contributed by atoms with Crippen LogP contribution in [0.3, 0.4) is 0 Å². The lowest BCUT2D eigenvalue weighted by Crippen LogP contribution is -2.14. The van der Waals surface area contributed by atoms with Gasteiger partial charge in [0.1, 0.15) is 5.82 Å². The van der Waals surface area contributed by atoms with E-state index >= 15 is 0 Å². The molecule has 1 aromatic heterocycles. The van der Waals surface area contributed by atoms with Crippen LogP contribution in [0.25, 0.3) is 11.1 Å². The number of methoxy groups -OCH3 is 1. The molecule has 3 rings (SSSR count). The molecule has 0 aliphatic carbocycles. The molecule has 0 N–H and O–H groups in total. The minimum Gasteiger partial charge on any atom is -0.464 e. The third kappa shape index (κ3) is 6.60. The fourth-order valence-corrected chi connectivity index (χ4v) is 5.08. The van der Waals surface area contributed by atoms with Crippen LogP contribution >= 0.6 is 11.6 Å². The summed E-state index contributed by atoms with van der Waals surface area (Å²) in [6.45, 7) is 2.88. The Morgan fingerprint density at radius 3 is 2.50 bits per heavy atom. The number of carbonyl (C=O) groups excluding carboxylic acids is 1. The number of nitrogens with zero attached hydrogens (tertiary/aromatic N) is 4. The van der Waals surface area contributed by atoms with E-state index in [2.05, 4.69) is 16.3 Å². The van der Waals surface area contributed by atoms with Gasteiger partial charge in [0, 0.05) is 31.3 Å². The van der Waals surface area contributed by atoms with Crippen LogP contribution in [-0.4, -0.2) is 62.8 Å². The number of esters is 1. The fraction of sp³-hybridized carbons (Fsp3) is 0.346. The van der Waals surface area contributed by atoms with Gasteiger partial charge in [0.05, 0.1) is 12.0 Å². The van der Waals surface area contributed by atoms with Crippen molar-refractivity contribution in [1.82, 2.24) is 14.5 Å². The highest BCUT2D eigenvalue weighted by atomic mass is 35.5. The molecule has 8 nitrogen and oxygen atoms in total. The van der Waals surface area contributed by atoms with Gasteiger partial charge in [0.2, 0.25) is 0 Å². The molecular formula is C26H31ClN4O4S. The molecule has 0 aliphatic rings. The highest BCUT2D eigenvalue weighted by Gasteiger charge is 2.23. The van der Waals surface area contributed by atoms with E-state index in [0.717, 1.165) is 29.8 Å². The molecule has 3 aromatic rings. The first-order chi connectivity index (χ1) is 17.2. The van der Waals surface area contributed by atoms with Crippen molar-refractivity contribution in [1.29, 1.82) is 0 Å². The largest absolute Gasteiger partial charge is 0.464 e. The first kappa shape index (κ1) is 27.6. The molecule has 0 saturated heterocycles. The Morgan fingerprint density at radius 1 is 1.17 bits per heavy atom. The van der Waals surface area contributed by atoms with Crippen molar-refractivity contribution in [3.8, 4) is 11.1 Å². The summed E-state index contributed by atoms with van der Waals surface area (Å²) in [5.41, 5.74) is 2.43. The minimum atomic E-state index is -3.86. The van der Waals surface area contributed by atoms with Gasteiger partial charge in [-0.2, -0.15) is 12.8 Å². The molecule has 0 unspecified atom stereocenters. The van der Waals surface area contributed by atoms with Crippen molar-refractivity contribution in [2.24, 2.45) is 4.40 Å². The number of ether oxygens (including phenoxy) is 1. The lowest BCUT2D eigenvalue weighted by molar-refractivity contribution is 0.0588. The molecule has 0 aliphatic heterocycles. The van der Waals surface area contributed by atoms with Crippen molar-refractivity contribution in [3.05, 3.63) is 70.8 Å². The second kappa shape index (κ2) is 12.3. The summed E-state index contributed by atoms with van der Waals surface area (Å²) in [4.78, 5) is 18.7. The average Bonchev–Trinajstić information content (AvgIpc) is 3.16. The molecule has 0 saturated carbocycles. The van der Waals surface area contributed by atoms with E-state index in [4.69, 9.17) is 16.3 Å². The predicted octanol–water partition coefficient (Wildman–Crippen LogP) is 4.70. The summed E-state index contributed by atoms with van der Waals surface area (Å²) in [6, 6.07) is 14.3. The third-order valence-corrected chi connectivity index (χ3v) is 7.17. The highest BCUT2D eigenvalue weighted by Crippen LogP contribution is 2.29. The molecule has 192 valence electrons. The van der Waals surface area contributed by atoms with Gasteiger partial charge in [-0.25, -0.2) is 9.78 Å². The lowest BCUT2D eigenvalue weighted by Gasteiger charge is -2.13. The molecule has 0 radical (unpaired) electrons. The molecule has 10 heteroatoms. The average molecular weight is 531 g/mol. The fourth-order valence-electron chi connectivity index (χ4n) is 3.71. The maximum atomic E-state index is 12.9. The van der Waals surface area contributed by atoms with E-state index in [9.17, 15) is 13.2 Å². The molecule has 0 spiro atoms. The van der Waals surface area contributed by atoms with E-state index in [1.807, 2.05) is 43.3 Å². The number of aromatic nitrogens is 2. The van der Waals surface area contributed by atoms with Gasteiger partial charge in [-0.05, 0) is 37.7 Å². The number of hydrogen-bond acceptors (Lipinski definition) is 6. The zero-order valence-corrected chi connectivity index (χ0v) is 22.5. The molecule has 1 heterocycles. The van der Waals surface area contributed by atoms with Gasteiger partial charge in [-0.15, -0.1) is 0 Å². The van der Waals surface area contributed by atoms with Crippen LogP contribution in [0.5, 0.6) is 0 Å². The van der Waals surface area contributed by atoms with Crippen LogP contribution in [-0.2, 0) is 27.7 Å². The van der Waals surface area contributed by atoms with E-state index in [1.165, 1.54) is 13.3 Å². The predicted molar refractivity (Wildman–Crippen MR) is 142 cm³/mol. The minimum absolute atomic E-state index is 0.124. The Kier molecular flexibility index (Phi) is 9.42. The van der Waals surface area contributed by atoms with E-state index < -0.39 is 16.0 Å². The van der Waals surface area contributed by atoms with Crippen LogP contribution in [0, 0.1) is 0 Å². The molecule has 0 fully saturated rings. The second-order valence-corrected chi connectivity index (χ2v) is 10.5. The van der Waals surface area contributed by atoms with Gasteiger partial charge in [0.25, 0.3) is 10.0 Å². The lowest BCUT2D eigenvalue weighted by atomic mass is 10.0. The molecule has 0 bridgehead atoms. The third-order valence-electron chi connectivity index (χ3n) is 5.57. The van der Waals surface area contributed by atoms with Gasteiger partial charge in [0.15, 0.2) is 10.8 Å². The standard InChI is InChI=1S/C26H31ClN4O4S/c1-5-6-11-23-29-25(27)24(26(32)35-4)31(23)18-19-12-14-20(15-13-19)21-9-7-8-10-22(21)36(33,34)28-16-17-30(2)3/h7-10,12-16H,5-6,11,17-18H2,1-4H3/b28-16+. The molecular weight excluding hydrogens is 500 g/mol. The number of benzene rings is 2. The smallest absolute Gasteiger partial charge is 0.357 e. The van der Waals surface area contributed by atoms with Crippen LogP contribution in [0.15, 0.2) is 57.8 Å². The second-order valence-electron chi connectivity index (χ2n) is 8.57. The number of unbranched alkanes of at least 4 members (excludes halogenated alkanes) is 1. The van der Waals surface area contributed by atoms with Crippen molar-refractivity contribution in [2.75, 3.05) is 27.7 Å². The number of imidazole rings is 1. The Labute approximate surface area is 217 Å². The summed E-state index contributed by atoms with van der Waals surface area (Å²) in [6.07, 6.45) is 3.97. The number of halogens is 1. The number of hydrogen-bond donors (Lipinski definition) is 0. The van der Waals surface area contributed by atoms with E-state index in [-0.39, 0.29) is 15.7 Å². The monoisotopic (exact) mass is 530 g/mol.